The maximum Gasteiger partial charge on any atom is 0.407 e. The molecule has 0 spiro atoms. The van der Waals surface area contributed by atoms with Crippen LogP contribution in [-0.2, 0) is 14.3 Å². The zero-order chi connectivity index (χ0) is 11.0. The van der Waals surface area contributed by atoms with Gasteiger partial charge in [0.1, 0.15) is 6.10 Å². The van der Waals surface area contributed by atoms with Crippen LogP contribution in [-0.4, -0.2) is 44.1 Å². The molecule has 0 fully saturated rings. The molecule has 1 atom stereocenters. The van der Waals surface area contributed by atoms with Gasteiger partial charge in [0.2, 0.25) is 0 Å². The minimum Gasteiger partial charge on any atom is -0.450 e. The van der Waals surface area contributed by atoms with Crippen LogP contribution in [0.25, 0.3) is 0 Å². The second-order valence-corrected chi connectivity index (χ2v) is 2.69. The van der Waals surface area contributed by atoms with Gasteiger partial charge in [0.25, 0.3) is 0 Å². The Morgan fingerprint density at radius 2 is 2.14 bits per heavy atom. The van der Waals surface area contributed by atoms with Crippen molar-refractivity contribution in [2.24, 2.45) is 0 Å². The third-order valence-corrected chi connectivity index (χ3v) is 1.75. The van der Waals surface area contributed by atoms with Crippen LogP contribution in [0, 0.1) is 0 Å². The molecule has 0 aliphatic rings. The van der Waals surface area contributed by atoms with Crippen molar-refractivity contribution in [3.05, 3.63) is 0 Å². The normalized spacial score (nSPS) is 11.9. The Labute approximate surface area is 87.7 Å². The Hall–Kier alpha value is -0.810. The summed E-state index contributed by atoms with van der Waals surface area (Å²) < 4.78 is 9.43. The summed E-state index contributed by atoms with van der Waals surface area (Å²) in [5.41, 5.74) is 0. The number of ether oxygens (including phenoxy) is 2. The first-order valence-corrected chi connectivity index (χ1v) is 4.71. The molecule has 0 aliphatic carbocycles. The van der Waals surface area contributed by atoms with E-state index < -0.39 is 12.2 Å². The molecule has 0 bridgehead atoms. The molecule has 1 N–H and O–H groups in total. The molecule has 82 valence electrons. The van der Waals surface area contributed by atoms with Gasteiger partial charge in [-0.05, 0) is 6.92 Å². The molecule has 1 amide bonds. The van der Waals surface area contributed by atoms with E-state index in [-0.39, 0.29) is 24.8 Å². The van der Waals surface area contributed by atoms with Crippen LogP contribution in [0.1, 0.15) is 6.92 Å². The molecule has 6 heteroatoms. The topological polar surface area (TPSA) is 64.6 Å². The van der Waals surface area contributed by atoms with Gasteiger partial charge in [0, 0.05) is 7.11 Å². The highest BCUT2D eigenvalue weighted by Gasteiger charge is 2.17. The van der Waals surface area contributed by atoms with E-state index in [1.165, 1.54) is 7.11 Å². The molecule has 0 rings (SSSR count). The lowest BCUT2D eigenvalue weighted by Crippen LogP contribution is -2.38. The number of amides is 1. The van der Waals surface area contributed by atoms with Gasteiger partial charge in [-0.25, -0.2) is 4.79 Å². The van der Waals surface area contributed by atoms with Crippen molar-refractivity contribution in [2.45, 2.75) is 13.0 Å². The van der Waals surface area contributed by atoms with Crippen LogP contribution < -0.4 is 5.32 Å². The van der Waals surface area contributed by atoms with Crippen molar-refractivity contribution < 1.29 is 19.1 Å². The van der Waals surface area contributed by atoms with Crippen molar-refractivity contribution in [2.75, 3.05) is 26.1 Å². The summed E-state index contributed by atoms with van der Waals surface area (Å²) in [7, 11) is 1.38. The van der Waals surface area contributed by atoms with Crippen molar-refractivity contribution in [1.29, 1.82) is 0 Å². The molecule has 0 heterocycles. The average molecular weight is 224 g/mol. The number of rotatable bonds is 6. The largest absolute Gasteiger partial charge is 0.450 e. The van der Waals surface area contributed by atoms with Crippen molar-refractivity contribution in [3.8, 4) is 0 Å². The van der Waals surface area contributed by atoms with Gasteiger partial charge in [-0.1, -0.05) is 0 Å². The maximum absolute atomic E-state index is 11.1. The fraction of sp³-hybridized carbons (Fsp3) is 0.750. The smallest absolute Gasteiger partial charge is 0.407 e. The summed E-state index contributed by atoms with van der Waals surface area (Å²) in [6.07, 6.45) is -1.28. The summed E-state index contributed by atoms with van der Waals surface area (Å²) in [4.78, 5) is 21.9. The number of halogens is 1. The number of methoxy groups -OCH3 is 1. The van der Waals surface area contributed by atoms with E-state index in [2.05, 4.69) is 10.1 Å². The van der Waals surface area contributed by atoms with Crippen molar-refractivity contribution >= 4 is 23.5 Å². The van der Waals surface area contributed by atoms with Gasteiger partial charge >= 0.3 is 6.09 Å². The lowest BCUT2D eigenvalue weighted by atomic mass is 10.2. The second kappa shape index (κ2) is 7.58. The van der Waals surface area contributed by atoms with Crippen LogP contribution in [0.4, 0.5) is 4.79 Å². The van der Waals surface area contributed by atoms with E-state index in [1.807, 2.05) is 0 Å². The first-order valence-electron chi connectivity index (χ1n) is 4.17. The number of alkyl carbamates (subject to hydrolysis) is 1. The van der Waals surface area contributed by atoms with Gasteiger partial charge in [-0.2, -0.15) is 0 Å². The molecular formula is C8H14ClNO4. The van der Waals surface area contributed by atoms with E-state index in [0.717, 1.165) is 0 Å². The number of carbonyl (C=O) groups excluding carboxylic acids is 2. The van der Waals surface area contributed by atoms with E-state index in [0.29, 0.717) is 0 Å². The van der Waals surface area contributed by atoms with Crippen molar-refractivity contribution in [1.82, 2.24) is 5.32 Å². The van der Waals surface area contributed by atoms with Gasteiger partial charge in [-0.15, -0.1) is 11.6 Å². The van der Waals surface area contributed by atoms with Gasteiger partial charge in [0.05, 0.1) is 19.0 Å². The second-order valence-electron chi connectivity index (χ2n) is 2.43. The highest BCUT2D eigenvalue weighted by Crippen LogP contribution is 1.93. The Balaban J connectivity index is 3.83. The molecule has 1 unspecified atom stereocenters. The van der Waals surface area contributed by atoms with Crippen LogP contribution in [0.15, 0.2) is 0 Å². The van der Waals surface area contributed by atoms with E-state index in [1.54, 1.807) is 6.92 Å². The fourth-order valence-corrected chi connectivity index (χ4v) is 0.945. The van der Waals surface area contributed by atoms with Crippen LogP contribution in [0.3, 0.4) is 0 Å². The highest BCUT2D eigenvalue weighted by atomic mass is 35.5. The molecule has 0 aromatic carbocycles. The standard InChI is InChI=1S/C8H14ClNO4/c1-3-14-8(12)10-5-7(13-2)6(11)4-9/h7H,3-5H2,1-2H3,(H,10,12). The quantitative estimate of drug-likeness (QED) is 0.668. The van der Waals surface area contributed by atoms with Crippen LogP contribution >= 0.6 is 11.6 Å². The van der Waals surface area contributed by atoms with E-state index in [4.69, 9.17) is 16.3 Å². The third kappa shape index (κ3) is 5.04. The van der Waals surface area contributed by atoms with E-state index >= 15 is 0 Å². The monoisotopic (exact) mass is 223 g/mol. The number of carbonyl (C=O) groups is 2. The molecule has 14 heavy (non-hydrogen) atoms. The fourth-order valence-electron chi connectivity index (χ4n) is 0.773. The minimum atomic E-state index is -0.711. The van der Waals surface area contributed by atoms with E-state index in [9.17, 15) is 9.59 Å². The SMILES string of the molecule is CCOC(=O)NCC(OC)C(=O)CCl. The number of nitrogens with one attached hydrogen (secondary N) is 1. The number of Topliss-reactive ketones (excluding diaryl/α,β-unsaturated/α-hetero) is 1. The Kier molecular flexibility index (Phi) is 7.14. The van der Waals surface area contributed by atoms with Crippen LogP contribution in [0.5, 0.6) is 0 Å². The maximum atomic E-state index is 11.1. The average Bonchev–Trinajstić information content (AvgIpc) is 2.18. The van der Waals surface area contributed by atoms with Crippen molar-refractivity contribution in [3.63, 3.8) is 0 Å². The molecule has 0 aromatic heterocycles. The zero-order valence-corrected chi connectivity index (χ0v) is 8.97. The molecule has 0 saturated carbocycles. The van der Waals surface area contributed by atoms with Gasteiger partial charge < -0.3 is 14.8 Å². The molecule has 0 radical (unpaired) electrons. The van der Waals surface area contributed by atoms with Gasteiger partial charge in [-0.3, -0.25) is 4.79 Å². The Morgan fingerprint density at radius 1 is 1.50 bits per heavy atom. The Morgan fingerprint density at radius 3 is 2.57 bits per heavy atom. The molecule has 0 aliphatic heterocycles. The number of alkyl halides is 1. The molecule has 0 aromatic rings. The molecule has 5 nitrogen and oxygen atoms in total. The summed E-state index contributed by atoms with van der Waals surface area (Å²) in [5.74, 6) is -0.408. The summed E-state index contributed by atoms with van der Waals surface area (Å²) in [6.45, 7) is 2.05. The predicted octanol–water partition coefficient (Wildman–Crippen LogP) is 0.555. The minimum absolute atomic E-state index is 0.0703. The molecular weight excluding hydrogens is 210 g/mol. The first kappa shape index (κ1) is 13.2. The Bertz CT molecular complexity index is 198. The lowest BCUT2D eigenvalue weighted by molar-refractivity contribution is -0.125. The summed E-state index contributed by atoms with van der Waals surface area (Å²) in [6, 6.07) is 0. The lowest BCUT2D eigenvalue weighted by Gasteiger charge is -2.13. The highest BCUT2D eigenvalue weighted by molar-refractivity contribution is 6.28. The summed E-state index contributed by atoms with van der Waals surface area (Å²) in [5, 5.41) is 2.38. The molecule has 0 saturated heterocycles. The summed E-state index contributed by atoms with van der Waals surface area (Å²) >= 11 is 5.33. The number of hydrogen-bond donors (Lipinski definition) is 1. The first-order chi connectivity index (χ1) is 6.65. The number of ketones is 1. The van der Waals surface area contributed by atoms with Crippen LogP contribution in [0.2, 0.25) is 0 Å². The van der Waals surface area contributed by atoms with Gasteiger partial charge in [0.15, 0.2) is 5.78 Å². The number of hydrogen-bond acceptors (Lipinski definition) is 4. The zero-order valence-electron chi connectivity index (χ0n) is 8.21. The third-order valence-electron chi connectivity index (χ3n) is 1.48. The predicted molar refractivity (Wildman–Crippen MR) is 51.5 cm³/mol.